The predicted octanol–water partition coefficient (Wildman–Crippen LogP) is 0.00922. The number of H-pyrrole nitrogens is 1. The van der Waals surface area contributed by atoms with Gasteiger partial charge in [-0.1, -0.05) is 12.1 Å². The van der Waals surface area contributed by atoms with Gasteiger partial charge in [-0.3, -0.25) is 19.3 Å². The molecule has 2 amide bonds. The van der Waals surface area contributed by atoms with Gasteiger partial charge in [0.05, 0.1) is 17.4 Å². The molecular weight excluding hydrogens is 364 g/mol. The van der Waals surface area contributed by atoms with Crippen molar-refractivity contribution in [2.45, 2.75) is 19.4 Å². The summed E-state index contributed by atoms with van der Waals surface area (Å²) in [6, 6.07) is 6.94. The number of fused-ring (bicyclic) bond motifs is 1. The van der Waals surface area contributed by atoms with E-state index in [1.54, 1.807) is 43.1 Å². The number of para-hydroxylation sites is 2. The van der Waals surface area contributed by atoms with Crippen LogP contribution in [0.5, 0.6) is 0 Å². The second kappa shape index (κ2) is 6.95. The van der Waals surface area contributed by atoms with Crippen LogP contribution in [-0.4, -0.2) is 56.6 Å². The summed E-state index contributed by atoms with van der Waals surface area (Å²) in [5.74, 6) is -0.642. The van der Waals surface area contributed by atoms with Crippen LogP contribution in [-0.2, 0) is 16.1 Å². The molecule has 28 heavy (non-hydrogen) atoms. The average molecular weight is 384 g/mol. The van der Waals surface area contributed by atoms with Crippen LogP contribution in [0.25, 0.3) is 11.1 Å². The maximum absolute atomic E-state index is 12.9. The summed E-state index contributed by atoms with van der Waals surface area (Å²) >= 11 is 0. The molecule has 1 fully saturated rings. The van der Waals surface area contributed by atoms with Gasteiger partial charge < -0.3 is 14.6 Å². The summed E-state index contributed by atoms with van der Waals surface area (Å²) < 4.78 is 6.48. The fourth-order valence-electron chi connectivity index (χ4n) is 3.64. The number of aromatic nitrogens is 4. The summed E-state index contributed by atoms with van der Waals surface area (Å²) in [5, 5.41) is 9.58. The lowest BCUT2D eigenvalue weighted by molar-refractivity contribution is -0.131. The number of hydrogen-bond donors (Lipinski definition) is 2. The summed E-state index contributed by atoms with van der Waals surface area (Å²) in [7, 11) is 1.56. The minimum absolute atomic E-state index is 0.157. The number of benzene rings is 1. The van der Waals surface area contributed by atoms with E-state index >= 15 is 0 Å². The van der Waals surface area contributed by atoms with Crippen LogP contribution >= 0.6 is 0 Å². The zero-order valence-electron chi connectivity index (χ0n) is 15.5. The fourth-order valence-corrected chi connectivity index (χ4v) is 3.64. The van der Waals surface area contributed by atoms with Crippen molar-refractivity contribution in [3.05, 3.63) is 46.5 Å². The number of nitrogens with zero attached hydrogens (tertiary/aromatic N) is 4. The molecule has 3 aromatic rings. The zero-order valence-corrected chi connectivity index (χ0v) is 15.5. The first-order valence-corrected chi connectivity index (χ1v) is 8.94. The minimum atomic E-state index is -0.585. The Kier molecular flexibility index (Phi) is 4.46. The highest BCUT2D eigenvalue weighted by Gasteiger charge is 2.42. The number of aryl methyl sites for hydroxylation is 1. The topological polar surface area (TPSA) is 126 Å². The van der Waals surface area contributed by atoms with Gasteiger partial charge in [0, 0.05) is 20.1 Å². The highest BCUT2D eigenvalue weighted by molar-refractivity contribution is 5.84. The van der Waals surface area contributed by atoms with Gasteiger partial charge >= 0.3 is 5.76 Å². The van der Waals surface area contributed by atoms with Crippen molar-refractivity contribution in [1.29, 1.82) is 0 Å². The Hall–Kier alpha value is -3.43. The molecule has 0 spiro atoms. The van der Waals surface area contributed by atoms with E-state index < -0.39 is 11.7 Å². The molecule has 10 nitrogen and oxygen atoms in total. The van der Waals surface area contributed by atoms with E-state index in [0.29, 0.717) is 29.3 Å². The number of oxazole rings is 1. The van der Waals surface area contributed by atoms with E-state index in [-0.39, 0.29) is 30.8 Å². The fraction of sp³-hybridized carbons (Fsp3) is 0.389. The summed E-state index contributed by atoms with van der Waals surface area (Å²) in [4.78, 5) is 43.3. The van der Waals surface area contributed by atoms with Crippen LogP contribution in [0.3, 0.4) is 0 Å². The SMILES string of the molecule is CNC(=O)[C@@H]1CN(C(=O)Cn2c(=O)oc3ccccc32)C[C@H]1c1n[nH]c(C)n1. The molecule has 1 aliphatic rings. The highest BCUT2D eigenvalue weighted by atomic mass is 16.4. The summed E-state index contributed by atoms with van der Waals surface area (Å²) in [6.45, 7) is 2.16. The lowest BCUT2D eigenvalue weighted by atomic mass is 9.94. The van der Waals surface area contributed by atoms with Crippen LogP contribution in [0.15, 0.2) is 33.5 Å². The lowest BCUT2D eigenvalue weighted by Gasteiger charge is -2.16. The first kappa shape index (κ1) is 18.0. The third kappa shape index (κ3) is 3.06. The number of carbonyl (C=O) groups excluding carboxylic acids is 2. The van der Waals surface area contributed by atoms with Crippen molar-refractivity contribution >= 4 is 22.9 Å². The van der Waals surface area contributed by atoms with Crippen LogP contribution in [0, 0.1) is 12.8 Å². The lowest BCUT2D eigenvalue weighted by Crippen LogP contribution is -2.36. The molecule has 0 radical (unpaired) electrons. The normalized spacial score (nSPS) is 19.3. The molecule has 2 atom stereocenters. The van der Waals surface area contributed by atoms with E-state index in [1.807, 2.05) is 0 Å². The molecule has 0 bridgehead atoms. The van der Waals surface area contributed by atoms with Crippen molar-refractivity contribution < 1.29 is 14.0 Å². The molecule has 3 heterocycles. The van der Waals surface area contributed by atoms with E-state index in [0.717, 1.165) is 0 Å². The van der Waals surface area contributed by atoms with Crippen molar-refractivity contribution in [3.8, 4) is 0 Å². The first-order valence-electron chi connectivity index (χ1n) is 8.94. The molecule has 0 aliphatic carbocycles. The first-order chi connectivity index (χ1) is 13.5. The van der Waals surface area contributed by atoms with Crippen LogP contribution in [0.4, 0.5) is 0 Å². The van der Waals surface area contributed by atoms with E-state index in [1.165, 1.54) is 4.57 Å². The van der Waals surface area contributed by atoms with Gasteiger partial charge in [0.25, 0.3) is 0 Å². The molecule has 4 rings (SSSR count). The number of aromatic amines is 1. The molecule has 0 saturated carbocycles. The molecule has 146 valence electrons. The third-order valence-electron chi connectivity index (χ3n) is 5.07. The minimum Gasteiger partial charge on any atom is -0.408 e. The predicted molar refractivity (Wildman–Crippen MR) is 98.5 cm³/mol. The third-order valence-corrected chi connectivity index (χ3v) is 5.07. The number of nitrogens with one attached hydrogen (secondary N) is 2. The standard InChI is InChI=1S/C18H20N6O4/c1-10-20-16(22-21-10)11-7-23(8-12(11)17(26)19-2)15(25)9-24-13-5-3-4-6-14(13)28-18(24)27/h3-6,11-12H,7-9H2,1-2H3,(H,19,26)(H,20,21,22)/t11-,12-/m1/s1. The second-order valence-electron chi connectivity index (χ2n) is 6.83. The average Bonchev–Trinajstić information content (AvgIpc) is 3.38. The Morgan fingerprint density at radius 3 is 2.82 bits per heavy atom. The van der Waals surface area contributed by atoms with Gasteiger partial charge in [-0.2, -0.15) is 5.10 Å². The Morgan fingerprint density at radius 1 is 1.32 bits per heavy atom. The zero-order chi connectivity index (χ0) is 19.8. The number of likely N-dealkylation sites (tertiary alicyclic amines) is 1. The molecule has 1 aliphatic heterocycles. The summed E-state index contributed by atoms with van der Waals surface area (Å²) in [5.41, 5.74) is 0.989. The van der Waals surface area contributed by atoms with Gasteiger partial charge in [0.1, 0.15) is 12.4 Å². The monoisotopic (exact) mass is 384 g/mol. The smallest absolute Gasteiger partial charge is 0.408 e. The number of rotatable bonds is 4. The number of amides is 2. The molecule has 2 aromatic heterocycles. The van der Waals surface area contributed by atoms with Gasteiger partial charge in [0.15, 0.2) is 11.4 Å². The largest absolute Gasteiger partial charge is 0.420 e. The van der Waals surface area contributed by atoms with Crippen LogP contribution in [0.2, 0.25) is 0 Å². The van der Waals surface area contributed by atoms with E-state index in [2.05, 4.69) is 20.5 Å². The Labute approximate surface area is 159 Å². The van der Waals surface area contributed by atoms with Crippen molar-refractivity contribution in [2.75, 3.05) is 20.1 Å². The van der Waals surface area contributed by atoms with Crippen LogP contribution in [0.1, 0.15) is 17.6 Å². The number of hydrogen-bond acceptors (Lipinski definition) is 6. The van der Waals surface area contributed by atoms with Gasteiger partial charge in [0.2, 0.25) is 11.8 Å². The van der Waals surface area contributed by atoms with Gasteiger partial charge in [-0.05, 0) is 19.1 Å². The van der Waals surface area contributed by atoms with Crippen molar-refractivity contribution in [1.82, 2.24) is 30.0 Å². The van der Waals surface area contributed by atoms with Gasteiger partial charge in [-0.25, -0.2) is 9.78 Å². The quantitative estimate of drug-likeness (QED) is 0.653. The van der Waals surface area contributed by atoms with Gasteiger partial charge in [-0.15, -0.1) is 0 Å². The highest BCUT2D eigenvalue weighted by Crippen LogP contribution is 2.31. The van der Waals surface area contributed by atoms with E-state index in [4.69, 9.17) is 4.42 Å². The molecule has 1 saturated heterocycles. The molecule has 10 heteroatoms. The molecular formula is C18H20N6O4. The molecule has 1 aromatic carbocycles. The Morgan fingerprint density at radius 2 is 2.11 bits per heavy atom. The Bertz CT molecular complexity index is 1100. The second-order valence-corrected chi connectivity index (χ2v) is 6.83. The number of carbonyl (C=O) groups is 2. The van der Waals surface area contributed by atoms with E-state index in [9.17, 15) is 14.4 Å². The van der Waals surface area contributed by atoms with Crippen LogP contribution < -0.4 is 11.1 Å². The molecule has 0 unspecified atom stereocenters. The summed E-state index contributed by atoms with van der Waals surface area (Å²) in [6.07, 6.45) is 0. The maximum atomic E-state index is 12.9. The van der Waals surface area contributed by atoms with Crippen molar-refractivity contribution in [2.24, 2.45) is 5.92 Å². The van der Waals surface area contributed by atoms with Crippen molar-refractivity contribution in [3.63, 3.8) is 0 Å². The maximum Gasteiger partial charge on any atom is 0.420 e. The Balaban J connectivity index is 1.58. The molecule has 2 N–H and O–H groups in total.